The number of aromatic nitrogens is 4. The number of benzene rings is 2. The fourth-order valence-electron chi connectivity index (χ4n) is 3.55. The molecule has 2 aromatic carbocycles. The molecule has 0 bridgehead atoms. The van der Waals surface area contributed by atoms with Crippen molar-refractivity contribution in [1.29, 1.82) is 0 Å². The van der Waals surface area contributed by atoms with Crippen LogP contribution >= 0.6 is 0 Å². The molecule has 1 unspecified atom stereocenters. The third-order valence-electron chi connectivity index (χ3n) is 5.19. The van der Waals surface area contributed by atoms with E-state index in [4.69, 9.17) is 9.47 Å². The van der Waals surface area contributed by atoms with Crippen LogP contribution in [0.2, 0.25) is 0 Å². The zero-order valence-electron chi connectivity index (χ0n) is 19.2. The van der Waals surface area contributed by atoms with Crippen molar-refractivity contribution < 1.29 is 23.8 Å². The zero-order valence-corrected chi connectivity index (χ0v) is 19.2. The molecule has 2 heterocycles. The molecule has 0 saturated carbocycles. The molecule has 0 aliphatic rings. The van der Waals surface area contributed by atoms with Gasteiger partial charge in [0.05, 0.1) is 23.9 Å². The lowest BCUT2D eigenvalue weighted by Gasteiger charge is -2.17. The third-order valence-corrected chi connectivity index (χ3v) is 5.19. The Kier molecular flexibility index (Phi) is 6.42. The van der Waals surface area contributed by atoms with Crippen molar-refractivity contribution in [2.24, 2.45) is 0 Å². The number of carbonyl (C=O) groups is 1. The minimum absolute atomic E-state index is 0.0190. The normalized spacial score (nSPS) is 12.0. The molecule has 2 aromatic heterocycles. The lowest BCUT2D eigenvalue weighted by molar-refractivity contribution is 0.0697. The molecule has 0 aliphatic carbocycles. The number of ether oxygens (including phenoxy) is 2. The summed E-state index contributed by atoms with van der Waals surface area (Å²) in [6.45, 7) is 6.10. The topological polar surface area (TPSA) is 111 Å². The van der Waals surface area contributed by atoms with Gasteiger partial charge < -0.3 is 19.9 Å². The number of fused-ring (bicyclic) bond motifs is 1. The van der Waals surface area contributed by atoms with E-state index in [1.165, 1.54) is 23.1 Å². The number of nitrogens with one attached hydrogen (secondary N) is 1. The predicted octanol–water partition coefficient (Wildman–Crippen LogP) is 4.51. The predicted molar refractivity (Wildman–Crippen MR) is 125 cm³/mol. The van der Waals surface area contributed by atoms with E-state index in [1.54, 1.807) is 13.2 Å². The van der Waals surface area contributed by atoms with E-state index in [0.717, 1.165) is 11.1 Å². The number of para-hydroxylation sites is 1. The van der Waals surface area contributed by atoms with Crippen LogP contribution in [0.15, 0.2) is 42.7 Å². The summed E-state index contributed by atoms with van der Waals surface area (Å²) in [5.41, 5.74) is 2.04. The second-order valence-electron chi connectivity index (χ2n) is 7.97. The minimum atomic E-state index is -1.13. The Labute approximate surface area is 195 Å². The average Bonchev–Trinajstić information content (AvgIpc) is 3.28. The van der Waals surface area contributed by atoms with Crippen LogP contribution in [0.1, 0.15) is 28.4 Å². The van der Waals surface area contributed by atoms with E-state index < -0.39 is 11.8 Å². The van der Waals surface area contributed by atoms with Gasteiger partial charge in [-0.1, -0.05) is 18.2 Å². The van der Waals surface area contributed by atoms with Gasteiger partial charge in [0.1, 0.15) is 11.6 Å². The number of halogens is 1. The van der Waals surface area contributed by atoms with E-state index in [0.29, 0.717) is 29.1 Å². The number of aromatic carboxylic acids is 1. The van der Waals surface area contributed by atoms with E-state index in [1.807, 2.05) is 39.0 Å². The summed E-state index contributed by atoms with van der Waals surface area (Å²) in [7, 11) is 1.59. The molecule has 0 aliphatic heterocycles. The molecule has 0 spiro atoms. The summed E-state index contributed by atoms with van der Waals surface area (Å²) in [5.74, 6) is -0.603. The fraction of sp³-hybridized carbons (Fsp3) is 0.250. The maximum absolute atomic E-state index is 15.1. The molecule has 176 valence electrons. The highest BCUT2D eigenvalue weighted by Crippen LogP contribution is 2.34. The van der Waals surface area contributed by atoms with Crippen molar-refractivity contribution in [1.82, 2.24) is 19.7 Å². The van der Waals surface area contributed by atoms with Crippen LogP contribution in [-0.2, 0) is 4.74 Å². The molecule has 10 heteroatoms. The Morgan fingerprint density at radius 1 is 1.24 bits per heavy atom. The number of nitrogens with zero attached hydrogens (tertiary/aromatic N) is 4. The van der Waals surface area contributed by atoms with Crippen LogP contribution in [0.5, 0.6) is 11.5 Å². The van der Waals surface area contributed by atoms with Gasteiger partial charge in [0.2, 0.25) is 0 Å². The quantitative estimate of drug-likeness (QED) is 0.391. The Hall–Kier alpha value is -4.05. The summed E-state index contributed by atoms with van der Waals surface area (Å²) in [6, 6.07) is 8.38. The number of carboxylic acids is 1. The highest BCUT2D eigenvalue weighted by atomic mass is 19.1. The number of hydrogen-bond acceptors (Lipinski definition) is 7. The summed E-state index contributed by atoms with van der Waals surface area (Å²) < 4.78 is 27.5. The first kappa shape index (κ1) is 23.1. The molecule has 9 nitrogen and oxygen atoms in total. The Morgan fingerprint density at radius 2 is 1.97 bits per heavy atom. The van der Waals surface area contributed by atoms with E-state index in [2.05, 4.69) is 20.4 Å². The molecule has 4 rings (SSSR count). The van der Waals surface area contributed by atoms with Crippen molar-refractivity contribution in [3.63, 3.8) is 0 Å². The first-order valence-electron chi connectivity index (χ1n) is 10.6. The lowest BCUT2D eigenvalue weighted by atomic mass is 10.1. The largest absolute Gasteiger partial charge is 0.478 e. The molecule has 0 radical (unpaired) electrons. The van der Waals surface area contributed by atoms with E-state index >= 15 is 4.39 Å². The van der Waals surface area contributed by atoms with Gasteiger partial charge in [-0.2, -0.15) is 10.1 Å². The molecule has 34 heavy (non-hydrogen) atoms. The summed E-state index contributed by atoms with van der Waals surface area (Å²) in [6.07, 6.45) is 2.49. The summed E-state index contributed by atoms with van der Waals surface area (Å²) in [5, 5.41) is 17.0. The second-order valence-corrected chi connectivity index (χ2v) is 7.97. The number of anilines is 1. The van der Waals surface area contributed by atoms with Crippen LogP contribution in [0.25, 0.3) is 16.9 Å². The van der Waals surface area contributed by atoms with Gasteiger partial charge in [0.25, 0.3) is 5.95 Å². The third kappa shape index (κ3) is 4.67. The Balaban J connectivity index is 1.84. The van der Waals surface area contributed by atoms with Gasteiger partial charge in [0, 0.05) is 30.8 Å². The fourth-order valence-corrected chi connectivity index (χ4v) is 3.55. The summed E-state index contributed by atoms with van der Waals surface area (Å²) in [4.78, 5) is 20.2. The van der Waals surface area contributed by atoms with Gasteiger partial charge in [-0.3, -0.25) is 0 Å². The maximum atomic E-state index is 15.1. The van der Waals surface area contributed by atoms with Crippen LogP contribution in [0, 0.1) is 19.7 Å². The standard InChI is InChI=1S/C24H24FN5O4/c1-13-6-5-7-14(2)21(13)34-20-8-17-19(9-18(20)25)28-24(29-22(17)27-15(3)12-33-4)30-11-16(10-26-30)23(31)32/h5-11,15H,12H2,1-4H3,(H,31,32)(H,27,28,29). The van der Waals surface area contributed by atoms with Crippen molar-refractivity contribution in [2.45, 2.75) is 26.8 Å². The smallest absolute Gasteiger partial charge is 0.338 e. The summed E-state index contributed by atoms with van der Waals surface area (Å²) >= 11 is 0. The average molecular weight is 465 g/mol. The van der Waals surface area contributed by atoms with E-state index in [-0.39, 0.29) is 23.3 Å². The first-order valence-corrected chi connectivity index (χ1v) is 10.6. The minimum Gasteiger partial charge on any atom is -0.478 e. The van der Waals surface area contributed by atoms with Crippen molar-refractivity contribution in [3.05, 3.63) is 65.2 Å². The molecule has 0 saturated heterocycles. The van der Waals surface area contributed by atoms with Crippen molar-refractivity contribution >= 4 is 22.7 Å². The highest BCUT2D eigenvalue weighted by molar-refractivity contribution is 5.91. The second kappa shape index (κ2) is 9.44. The molecule has 0 amide bonds. The SMILES string of the molecule is COCC(C)Nc1nc(-n2cc(C(=O)O)cn2)nc2cc(F)c(Oc3c(C)cccc3C)cc12. The molecular formula is C24H24FN5O4. The Morgan fingerprint density at radius 3 is 2.62 bits per heavy atom. The Bertz CT molecular complexity index is 1350. The maximum Gasteiger partial charge on any atom is 0.338 e. The number of rotatable bonds is 8. The molecule has 4 aromatic rings. The van der Waals surface area contributed by atoms with Crippen LogP contribution in [-0.4, -0.2) is 50.6 Å². The van der Waals surface area contributed by atoms with Crippen LogP contribution < -0.4 is 10.1 Å². The van der Waals surface area contributed by atoms with Crippen molar-refractivity contribution in [2.75, 3.05) is 19.0 Å². The number of hydrogen-bond donors (Lipinski definition) is 2. The first-order chi connectivity index (χ1) is 16.3. The van der Waals surface area contributed by atoms with Crippen LogP contribution in [0.3, 0.4) is 0 Å². The van der Waals surface area contributed by atoms with Gasteiger partial charge in [0.15, 0.2) is 11.6 Å². The zero-order chi connectivity index (χ0) is 24.4. The number of aryl methyl sites for hydroxylation is 2. The highest BCUT2D eigenvalue weighted by Gasteiger charge is 2.18. The van der Waals surface area contributed by atoms with E-state index in [9.17, 15) is 9.90 Å². The molecule has 2 N–H and O–H groups in total. The number of methoxy groups -OCH3 is 1. The molecule has 0 fully saturated rings. The van der Waals surface area contributed by atoms with Crippen LogP contribution in [0.4, 0.5) is 10.2 Å². The van der Waals surface area contributed by atoms with Crippen molar-refractivity contribution in [3.8, 4) is 17.4 Å². The van der Waals surface area contributed by atoms with Gasteiger partial charge in [-0.05, 0) is 38.0 Å². The number of carboxylic acid groups (broad SMARTS) is 1. The molecular weight excluding hydrogens is 441 g/mol. The van der Waals surface area contributed by atoms with Gasteiger partial charge in [-0.25, -0.2) is 18.9 Å². The molecule has 1 atom stereocenters. The van der Waals surface area contributed by atoms with Gasteiger partial charge in [-0.15, -0.1) is 0 Å². The van der Waals surface area contributed by atoms with Gasteiger partial charge >= 0.3 is 5.97 Å². The lowest BCUT2D eigenvalue weighted by Crippen LogP contribution is -2.22. The monoisotopic (exact) mass is 465 g/mol.